The fourth-order valence-corrected chi connectivity index (χ4v) is 5.28. The second-order valence-electron chi connectivity index (χ2n) is 9.75. The van der Waals surface area contributed by atoms with Gasteiger partial charge in [0.2, 0.25) is 11.9 Å². The molecule has 2 atom stereocenters. The number of amides is 1. The zero-order chi connectivity index (χ0) is 25.7. The highest BCUT2D eigenvalue weighted by molar-refractivity contribution is 5.73. The van der Waals surface area contributed by atoms with Crippen LogP contribution in [0.3, 0.4) is 0 Å². The van der Waals surface area contributed by atoms with Crippen molar-refractivity contribution in [2.24, 2.45) is 5.92 Å². The summed E-state index contributed by atoms with van der Waals surface area (Å²) in [7, 11) is 1.56. The molecule has 2 N–H and O–H groups in total. The van der Waals surface area contributed by atoms with Crippen molar-refractivity contribution in [2.75, 3.05) is 25.5 Å². The van der Waals surface area contributed by atoms with E-state index >= 15 is 0 Å². The number of methoxy groups -OCH3 is 1. The Morgan fingerprint density at radius 3 is 2.61 bits per heavy atom. The van der Waals surface area contributed by atoms with Gasteiger partial charge in [-0.1, -0.05) is 18.9 Å². The topological polar surface area (TPSA) is 79.4 Å². The fourth-order valence-electron chi connectivity index (χ4n) is 5.28. The molecule has 2 aliphatic rings. The Hall–Kier alpha value is -2.88. The van der Waals surface area contributed by atoms with Gasteiger partial charge in [-0.05, 0) is 68.8 Å². The number of rotatable bonds is 8. The van der Waals surface area contributed by atoms with Crippen LogP contribution in [0.5, 0.6) is 5.75 Å². The molecule has 1 saturated heterocycles. The van der Waals surface area contributed by atoms with E-state index in [0.717, 1.165) is 57.1 Å². The minimum Gasteiger partial charge on any atom is -0.495 e. The Bertz CT molecular complexity index is 1060. The van der Waals surface area contributed by atoms with Crippen molar-refractivity contribution in [3.63, 3.8) is 0 Å². The molecule has 2 heterocycles. The van der Waals surface area contributed by atoms with E-state index < -0.39 is 11.7 Å². The number of nitrogens with zero attached hydrogens (tertiary/aromatic N) is 3. The third-order valence-corrected chi connectivity index (χ3v) is 7.04. The average Bonchev–Trinajstić information content (AvgIpc) is 3.33. The monoisotopic (exact) mass is 505 g/mol. The number of carbonyl (C=O) groups excluding carboxylic acids is 1. The molecule has 0 bridgehead atoms. The summed E-state index contributed by atoms with van der Waals surface area (Å²) in [6, 6.07) is 5.60. The van der Waals surface area contributed by atoms with Crippen molar-refractivity contribution in [3.8, 4) is 5.75 Å². The highest BCUT2D eigenvalue weighted by Gasteiger charge is 2.37. The maximum atomic E-state index is 13.8. The first-order chi connectivity index (χ1) is 17.2. The minimum absolute atomic E-state index is 0.0631. The largest absolute Gasteiger partial charge is 0.495 e. The molecule has 1 aliphatic heterocycles. The van der Waals surface area contributed by atoms with Crippen LogP contribution in [0.25, 0.3) is 0 Å². The molecule has 10 heteroatoms. The van der Waals surface area contributed by atoms with Crippen molar-refractivity contribution in [2.45, 2.75) is 70.6 Å². The van der Waals surface area contributed by atoms with Crippen LogP contribution in [-0.2, 0) is 23.9 Å². The van der Waals surface area contributed by atoms with Crippen LogP contribution in [0.1, 0.15) is 62.3 Å². The van der Waals surface area contributed by atoms with Crippen LogP contribution in [0, 0.1) is 5.92 Å². The summed E-state index contributed by atoms with van der Waals surface area (Å²) >= 11 is 0. The fraction of sp³-hybridized carbons (Fsp3) is 0.577. The van der Waals surface area contributed by atoms with E-state index in [0.29, 0.717) is 11.4 Å². The Balaban J connectivity index is 1.56. The lowest BCUT2D eigenvalue weighted by Gasteiger charge is -2.32. The number of anilines is 2. The lowest BCUT2D eigenvalue weighted by atomic mass is 9.81. The van der Waals surface area contributed by atoms with Crippen LogP contribution in [0.2, 0.25) is 0 Å². The molecule has 0 radical (unpaired) electrons. The standard InChI is InChI=1S/C26H34F3N5O2/c1-17(35)31-21-8-4-3-7-19(21)14-23-20(26(27,28)29)15-30-25(33-23)32-22-10-9-18(13-24(22)36-2)16-34-11-5-6-12-34/h9-10,13,15,19,21H,3-8,11-12,14,16H2,1-2H3,(H,31,35)(H,30,32,33)/t19-,21+/m0/s1. The van der Waals surface area contributed by atoms with Gasteiger partial charge in [0.25, 0.3) is 0 Å². The maximum Gasteiger partial charge on any atom is 0.419 e. The van der Waals surface area contributed by atoms with Gasteiger partial charge in [-0.2, -0.15) is 13.2 Å². The SMILES string of the molecule is COc1cc(CN2CCCC2)ccc1Nc1ncc(C(F)(F)F)c(C[C@@H]2CCCC[C@H]2NC(C)=O)n1. The maximum absolute atomic E-state index is 13.8. The van der Waals surface area contributed by atoms with E-state index in [4.69, 9.17) is 4.74 Å². The number of likely N-dealkylation sites (tertiary alicyclic amines) is 1. The first-order valence-electron chi connectivity index (χ1n) is 12.6. The van der Waals surface area contributed by atoms with Gasteiger partial charge < -0.3 is 15.4 Å². The molecule has 4 rings (SSSR count). The highest BCUT2D eigenvalue weighted by Crippen LogP contribution is 2.36. The zero-order valence-electron chi connectivity index (χ0n) is 20.8. The molecule has 2 fully saturated rings. The first kappa shape index (κ1) is 26.2. The van der Waals surface area contributed by atoms with Crippen LogP contribution in [0.15, 0.2) is 24.4 Å². The molecule has 36 heavy (non-hydrogen) atoms. The number of nitrogens with one attached hydrogen (secondary N) is 2. The molecule has 7 nitrogen and oxygen atoms in total. The third-order valence-electron chi connectivity index (χ3n) is 7.04. The van der Waals surface area contributed by atoms with Gasteiger partial charge in [0.1, 0.15) is 5.75 Å². The van der Waals surface area contributed by atoms with E-state index in [1.54, 1.807) is 7.11 Å². The number of benzene rings is 1. The number of hydrogen-bond donors (Lipinski definition) is 2. The number of aromatic nitrogens is 2. The Kier molecular flexibility index (Phi) is 8.33. The molecule has 1 aromatic carbocycles. The van der Waals surface area contributed by atoms with Crippen LogP contribution in [-0.4, -0.2) is 47.0 Å². The van der Waals surface area contributed by atoms with Crippen molar-refractivity contribution >= 4 is 17.5 Å². The van der Waals surface area contributed by atoms with Crippen molar-refractivity contribution in [1.82, 2.24) is 20.2 Å². The quantitative estimate of drug-likeness (QED) is 0.521. The number of halogens is 3. The second kappa shape index (κ2) is 11.5. The van der Waals surface area contributed by atoms with Gasteiger partial charge in [0, 0.05) is 25.7 Å². The lowest BCUT2D eigenvalue weighted by molar-refractivity contribution is -0.139. The average molecular weight is 506 g/mol. The number of hydrogen-bond acceptors (Lipinski definition) is 6. The Morgan fingerprint density at radius 1 is 1.17 bits per heavy atom. The summed E-state index contributed by atoms with van der Waals surface area (Å²) in [5, 5.41) is 5.96. The van der Waals surface area contributed by atoms with Crippen molar-refractivity contribution in [3.05, 3.63) is 41.2 Å². The van der Waals surface area contributed by atoms with Crippen molar-refractivity contribution < 1.29 is 22.7 Å². The van der Waals surface area contributed by atoms with E-state index in [1.807, 2.05) is 18.2 Å². The number of alkyl halides is 3. The molecule has 0 spiro atoms. The summed E-state index contributed by atoms with van der Waals surface area (Å²) in [4.78, 5) is 22.3. The molecule has 1 aliphatic carbocycles. The Morgan fingerprint density at radius 2 is 1.92 bits per heavy atom. The zero-order valence-corrected chi connectivity index (χ0v) is 20.8. The Labute approximate surface area is 209 Å². The summed E-state index contributed by atoms with van der Waals surface area (Å²) in [6.45, 7) is 4.42. The normalized spacial score (nSPS) is 20.8. The van der Waals surface area contributed by atoms with E-state index in [-0.39, 0.29) is 35.9 Å². The highest BCUT2D eigenvalue weighted by atomic mass is 19.4. The molecule has 1 saturated carbocycles. The van der Waals surface area contributed by atoms with Crippen molar-refractivity contribution in [1.29, 1.82) is 0 Å². The smallest absolute Gasteiger partial charge is 0.419 e. The number of carbonyl (C=O) groups is 1. The van der Waals surface area contributed by atoms with E-state index in [9.17, 15) is 18.0 Å². The van der Waals surface area contributed by atoms with Crippen LogP contribution < -0.4 is 15.4 Å². The lowest BCUT2D eigenvalue weighted by Crippen LogP contribution is -2.42. The molecular weight excluding hydrogens is 471 g/mol. The summed E-state index contributed by atoms with van der Waals surface area (Å²) in [5.41, 5.74) is 0.789. The molecule has 1 aromatic heterocycles. The first-order valence-corrected chi connectivity index (χ1v) is 12.6. The molecule has 196 valence electrons. The predicted octanol–water partition coefficient (Wildman–Crippen LogP) is 5.08. The van der Waals surface area contributed by atoms with Gasteiger partial charge in [0.15, 0.2) is 0 Å². The summed E-state index contributed by atoms with van der Waals surface area (Å²) in [5.74, 6) is 0.365. The van der Waals surface area contributed by atoms with Gasteiger partial charge in [-0.25, -0.2) is 9.97 Å². The second-order valence-corrected chi connectivity index (χ2v) is 9.75. The molecule has 1 amide bonds. The van der Waals surface area contributed by atoms with Crippen LogP contribution in [0.4, 0.5) is 24.8 Å². The molecule has 0 unspecified atom stereocenters. The van der Waals surface area contributed by atoms with Gasteiger partial charge in [-0.3, -0.25) is 9.69 Å². The van der Waals surface area contributed by atoms with Crippen LogP contribution >= 0.6 is 0 Å². The summed E-state index contributed by atoms with van der Waals surface area (Å²) in [6.07, 6.45) is 2.15. The van der Waals surface area contributed by atoms with Gasteiger partial charge in [0.05, 0.1) is 24.1 Å². The minimum atomic E-state index is -4.57. The predicted molar refractivity (Wildman–Crippen MR) is 131 cm³/mol. The third kappa shape index (κ3) is 6.66. The molecule has 2 aromatic rings. The summed E-state index contributed by atoms with van der Waals surface area (Å²) < 4.78 is 47.0. The van der Waals surface area contributed by atoms with Gasteiger partial charge in [-0.15, -0.1) is 0 Å². The number of ether oxygens (including phenoxy) is 1. The molecular formula is C26H34F3N5O2. The van der Waals surface area contributed by atoms with Gasteiger partial charge >= 0.3 is 6.18 Å². The van der Waals surface area contributed by atoms with E-state index in [2.05, 4.69) is 25.5 Å². The van der Waals surface area contributed by atoms with E-state index in [1.165, 1.54) is 19.8 Å².